The summed E-state index contributed by atoms with van der Waals surface area (Å²) < 4.78 is 6.38. The van der Waals surface area contributed by atoms with Crippen LogP contribution in [0.4, 0.5) is 0 Å². The molecule has 0 bridgehead atoms. The first kappa shape index (κ1) is 18.0. The number of hydrogen-bond donors (Lipinski definition) is 0. The number of carbonyl (C=O) groups is 1. The Morgan fingerprint density at radius 2 is 2.12 bits per heavy atom. The average Bonchev–Trinajstić information content (AvgIpc) is 2.99. The van der Waals surface area contributed by atoms with Gasteiger partial charge in [-0.3, -0.25) is 9.69 Å². The van der Waals surface area contributed by atoms with Gasteiger partial charge in [0.05, 0.1) is 17.8 Å². The molecule has 0 N–H and O–H groups in total. The highest BCUT2D eigenvalue weighted by Crippen LogP contribution is 2.44. The van der Waals surface area contributed by atoms with Crippen molar-refractivity contribution >= 4 is 33.3 Å². The van der Waals surface area contributed by atoms with Gasteiger partial charge in [0, 0.05) is 53.5 Å². The van der Waals surface area contributed by atoms with Crippen molar-refractivity contribution in [2.75, 3.05) is 20.2 Å². The molecule has 2 aromatic rings. The fourth-order valence-corrected chi connectivity index (χ4v) is 4.73. The second-order valence-corrected chi connectivity index (χ2v) is 8.56. The van der Waals surface area contributed by atoms with Gasteiger partial charge in [-0.25, -0.2) is 4.98 Å². The summed E-state index contributed by atoms with van der Waals surface area (Å²) in [6, 6.07) is 9.84. The predicted molar refractivity (Wildman–Crippen MR) is 106 cm³/mol. The van der Waals surface area contributed by atoms with Crippen molar-refractivity contribution in [2.45, 2.75) is 25.8 Å². The van der Waals surface area contributed by atoms with Crippen LogP contribution in [0.15, 0.2) is 34.8 Å². The molecule has 26 heavy (non-hydrogen) atoms. The lowest BCUT2D eigenvalue weighted by Gasteiger charge is -2.48. The minimum absolute atomic E-state index is 0.238. The monoisotopic (exact) mass is 434 g/mol. The summed E-state index contributed by atoms with van der Waals surface area (Å²) in [5, 5.41) is 0.644. The molecule has 0 radical (unpaired) electrons. The number of halogens is 2. The van der Waals surface area contributed by atoms with Crippen molar-refractivity contribution in [2.24, 2.45) is 5.41 Å². The maximum absolute atomic E-state index is 11.6. The van der Waals surface area contributed by atoms with Crippen molar-refractivity contribution in [1.82, 2.24) is 9.88 Å². The van der Waals surface area contributed by atoms with E-state index in [4.69, 9.17) is 16.3 Å². The summed E-state index contributed by atoms with van der Waals surface area (Å²) in [4.78, 5) is 18.6. The number of ether oxygens (including phenoxy) is 1. The number of benzene rings is 1. The molecule has 6 heteroatoms. The Hall–Kier alpha value is -1.43. The van der Waals surface area contributed by atoms with Crippen LogP contribution in [0.25, 0.3) is 11.3 Å². The molecule has 0 amide bonds. The molecule has 136 valence electrons. The van der Waals surface area contributed by atoms with E-state index in [0.29, 0.717) is 16.7 Å². The first-order valence-electron chi connectivity index (χ1n) is 8.72. The van der Waals surface area contributed by atoms with Gasteiger partial charge < -0.3 is 4.74 Å². The van der Waals surface area contributed by atoms with Crippen molar-refractivity contribution in [3.8, 4) is 17.1 Å². The third kappa shape index (κ3) is 3.28. The molecule has 0 atom stereocenters. The second-order valence-electron chi connectivity index (χ2n) is 7.33. The molecule has 1 saturated carbocycles. The highest BCUT2D eigenvalue weighted by Gasteiger charge is 2.47. The number of nitrogens with zero attached hydrogens (tertiary/aromatic N) is 2. The van der Waals surface area contributed by atoms with E-state index in [1.54, 1.807) is 7.11 Å². The second kappa shape index (κ2) is 6.95. The van der Waals surface area contributed by atoms with Gasteiger partial charge in [0.1, 0.15) is 5.78 Å². The molecule has 1 aromatic heterocycles. The number of hydrogen-bond acceptors (Lipinski definition) is 4. The molecule has 1 aromatic carbocycles. The molecule has 4 rings (SSSR count). The summed E-state index contributed by atoms with van der Waals surface area (Å²) in [7, 11) is 1.64. The van der Waals surface area contributed by atoms with Gasteiger partial charge in [-0.1, -0.05) is 29.8 Å². The van der Waals surface area contributed by atoms with E-state index in [0.717, 1.165) is 60.2 Å². The van der Waals surface area contributed by atoms with E-state index < -0.39 is 0 Å². The average molecular weight is 436 g/mol. The standard InChI is InChI=1S/C20H20BrClN2O2/c1-26-19-13(10-24-11-20(12-24)8-7-14(25)9-20)5-6-17(23-19)15-3-2-4-16(21)18(15)22/h2-6H,7-12H2,1H3. The van der Waals surface area contributed by atoms with Crippen molar-refractivity contribution in [3.63, 3.8) is 0 Å². The summed E-state index contributed by atoms with van der Waals surface area (Å²) >= 11 is 9.85. The summed E-state index contributed by atoms with van der Waals surface area (Å²) in [6.07, 6.45) is 2.54. The zero-order valence-corrected chi connectivity index (χ0v) is 16.9. The zero-order chi connectivity index (χ0) is 18.3. The molecule has 4 nitrogen and oxygen atoms in total. The van der Waals surface area contributed by atoms with Crippen LogP contribution in [-0.4, -0.2) is 35.9 Å². The van der Waals surface area contributed by atoms with Crippen LogP contribution in [0, 0.1) is 5.41 Å². The Kier molecular flexibility index (Phi) is 4.80. The molecule has 2 aliphatic rings. The number of likely N-dealkylation sites (tertiary alicyclic amines) is 1. The molecule has 1 aliphatic carbocycles. The summed E-state index contributed by atoms with van der Waals surface area (Å²) in [6.45, 7) is 2.76. The Morgan fingerprint density at radius 1 is 1.31 bits per heavy atom. The third-order valence-electron chi connectivity index (χ3n) is 5.38. The normalized spacial score (nSPS) is 19.0. The van der Waals surface area contributed by atoms with Gasteiger partial charge >= 0.3 is 0 Å². The van der Waals surface area contributed by atoms with Crippen LogP contribution in [0.5, 0.6) is 5.88 Å². The van der Waals surface area contributed by atoms with Crippen LogP contribution >= 0.6 is 27.5 Å². The van der Waals surface area contributed by atoms with E-state index in [1.165, 1.54) is 0 Å². The fraction of sp³-hybridized carbons (Fsp3) is 0.400. The maximum Gasteiger partial charge on any atom is 0.218 e. The van der Waals surface area contributed by atoms with Gasteiger partial charge in [-0.15, -0.1) is 0 Å². The van der Waals surface area contributed by atoms with E-state index in [1.807, 2.05) is 24.3 Å². The molecule has 1 saturated heterocycles. The van der Waals surface area contributed by atoms with E-state index in [-0.39, 0.29) is 5.41 Å². The molecule has 0 unspecified atom stereocenters. The number of Topliss-reactive ketones (excluding diaryl/α,β-unsaturated/α-hetero) is 1. The lowest BCUT2D eigenvalue weighted by Crippen LogP contribution is -2.54. The van der Waals surface area contributed by atoms with Crippen molar-refractivity contribution < 1.29 is 9.53 Å². The van der Waals surface area contributed by atoms with Gasteiger partial charge in [-0.2, -0.15) is 0 Å². The molecule has 1 spiro atoms. The van der Waals surface area contributed by atoms with Gasteiger partial charge in [0.15, 0.2) is 0 Å². The minimum Gasteiger partial charge on any atom is -0.481 e. The summed E-state index contributed by atoms with van der Waals surface area (Å²) in [5.74, 6) is 1.04. The first-order chi connectivity index (χ1) is 12.5. The molecular weight excluding hydrogens is 416 g/mol. The van der Waals surface area contributed by atoms with E-state index >= 15 is 0 Å². The summed E-state index contributed by atoms with van der Waals surface area (Å²) in [5.41, 5.74) is 2.96. The first-order valence-corrected chi connectivity index (χ1v) is 9.89. The number of pyridine rings is 1. The molecule has 2 fully saturated rings. The number of aromatic nitrogens is 1. The largest absolute Gasteiger partial charge is 0.481 e. The predicted octanol–water partition coefficient (Wildman–Crippen LogP) is 4.73. The Morgan fingerprint density at radius 3 is 2.81 bits per heavy atom. The number of ketones is 1. The number of methoxy groups -OCH3 is 1. The minimum atomic E-state index is 0.238. The highest BCUT2D eigenvalue weighted by atomic mass is 79.9. The Bertz CT molecular complexity index is 865. The Balaban J connectivity index is 1.51. The quantitative estimate of drug-likeness (QED) is 0.696. The van der Waals surface area contributed by atoms with Gasteiger partial charge in [0.2, 0.25) is 5.88 Å². The molecule has 1 aliphatic heterocycles. The van der Waals surface area contributed by atoms with Crippen LogP contribution in [0.1, 0.15) is 24.8 Å². The fourth-order valence-electron chi connectivity index (χ4n) is 4.14. The van der Waals surface area contributed by atoms with E-state index in [9.17, 15) is 4.79 Å². The van der Waals surface area contributed by atoms with Crippen LogP contribution in [-0.2, 0) is 11.3 Å². The lowest BCUT2D eigenvalue weighted by molar-refractivity contribution is -0.119. The highest BCUT2D eigenvalue weighted by molar-refractivity contribution is 9.10. The van der Waals surface area contributed by atoms with Crippen molar-refractivity contribution in [1.29, 1.82) is 0 Å². The number of rotatable bonds is 4. The van der Waals surface area contributed by atoms with Gasteiger partial charge in [0.25, 0.3) is 0 Å². The van der Waals surface area contributed by atoms with Crippen molar-refractivity contribution in [3.05, 3.63) is 45.4 Å². The lowest BCUT2D eigenvalue weighted by atomic mass is 9.78. The molecule has 2 heterocycles. The maximum atomic E-state index is 11.6. The SMILES string of the molecule is COc1nc(-c2cccc(Br)c2Cl)ccc1CN1CC2(CCC(=O)C2)C1. The smallest absolute Gasteiger partial charge is 0.218 e. The van der Waals surface area contributed by atoms with Crippen LogP contribution in [0.2, 0.25) is 5.02 Å². The van der Waals surface area contributed by atoms with Gasteiger partial charge in [-0.05, 0) is 34.5 Å². The van der Waals surface area contributed by atoms with E-state index in [2.05, 4.69) is 31.9 Å². The van der Waals surface area contributed by atoms with Crippen LogP contribution in [0.3, 0.4) is 0 Å². The third-order valence-corrected chi connectivity index (χ3v) is 6.67. The topological polar surface area (TPSA) is 42.4 Å². The zero-order valence-electron chi connectivity index (χ0n) is 14.6. The number of carbonyl (C=O) groups excluding carboxylic acids is 1. The Labute approximate surface area is 166 Å². The molecular formula is C20H20BrClN2O2. The van der Waals surface area contributed by atoms with Crippen LogP contribution < -0.4 is 4.74 Å².